The van der Waals surface area contributed by atoms with Gasteiger partial charge in [-0.2, -0.15) is 0 Å². The van der Waals surface area contributed by atoms with Crippen LogP contribution in [0.15, 0.2) is 0 Å². The topological polar surface area (TPSA) is 23.5 Å². The third kappa shape index (κ3) is 7.34. The van der Waals surface area contributed by atoms with Gasteiger partial charge >= 0.3 is 0 Å². The van der Waals surface area contributed by atoms with Crippen molar-refractivity contribution in [2.75, 3.05) is 19.6 Å². The summed E-state index contributed by atoms with van der Waals surface area (Å²) < 4.78 is 0. The van der Waals surface area contributed by atoms with Crippen molar-refractivity contribution in [2.45, 2.75) is 47.1 Å². The lowest BCUT2D eigenvalue weighted by molar-refractivity contribution is 0.0958. The van der Waals surface area contributed by atoms with Crippen molar-refractivity contribution in [1.82, 2.24) is 4.90 Å². The largest absolute Gasteiger partial charge is 0.392 e. The van der Waals surface area contributed by atoms with Crippen molar-refractivity contribution >= 4 is 0 Å². The van der Waals surface area contributed by atoms with Gasteiger partial charge in [-0.25, -0.2) is 0 Å². The first kappa shape index (κ1) is 13.9. The van der Waals surface area contributed by atoms with E-state index < -0.39 is 0 Å². The second-order valence-corrected chi connectivity index (χ2v) is 5.07. The zero-order valence-corrected chi connectivity index (χ0v) is 10.5. The van der Waals surface area contributed by atoms with Gasteiger partial charge in [0.15, 0.2) is 0 Å². The van der Waals surface area contributed by atoms with Gasteiger partial charge in [0.05, 0.1) is 6.10 Å². The Morgan fingerprint density at radius 1 is 0.929 bits per heavy atom. The van der Waals surface area contributed by atoms with E-state index >= 15 is 0 Å². The van der Waals surface area contributed by atoms with E-state index in [1.165, 1.54) is 0 Å². The summed E-state index contributed by atoms with van der Waals surface area (Å²) in [6.07, 6.45) is 0.694. The van der Waals surface area contributed by atoms with Gasteiger partial charge in [0, 0.05) is 19.6 Å². The predicted octanol–water partition coefficient (Wildman–Crippen LogP) is 2.37. The Morgan fingerprint density at radius 2 is 1.36 bits per heavy atom. The predicted molar refractivity (Wildman–Crippen MR) is 62.4 cm³/mol. The molecule has 0 aliphatic heterocycles. The molecule has 0 amide bonds. The highest BCUT2D eigenvalue weighted by atomic mass is 16.3. The minimum atomic E-state index is -0.160. The van der Waals surface area contributed by atoms with Crippen LogP contribution in [0.4, 0.5) is 0 Å². The maximum atomic E-state index is 9.61. The van der Waals surface area contributed by atoms with Gasteiger partial charge in [0.25, 0.3) is 0 Å². The molecule has 0 aliphatic carbocycles. The molecule has 0 aromatic rings. The van der Waals surface area contributed by atoms with Gasteiger partial charge < -0.3 is 10.0 Å². The molecule has 0 bridgehead atoms. The number of hydrogen-bond acceptors (Lipinski definition) is 2. The smallest absolute Gasteiger partial charge is 0.0664 e. The van der Waals surface area contributed by atoms with Crippen LogP contribution in [0.2, 0.25) is 0 Å². The standard InChI is InChI=1S/C12H27NO/c1-6-12(14)9-13(7-10(2)3)8-11(4)5/h10-12,14H,6-9H2,1-5H3. The third-order valence-corrected chi connectivity index (χ3v) is 2.19. The Hall–Kier alpha value is -0.0800. The summed E-state index contributed by atoms with van der Waals surface area (Å²) in [5, 5.41) is 9.61. The molecular weight excluding hydrogens is 174 g/mol. The molecule has 0 spiro atoms. The Kier molecular flexibility index (Phi) is 7.20. The molecule has 0 aliphatic rings. The van der Waals surface area contributed by atoms with Crippen molar-refractivity contribution in [3.63, 3.8) is 0 Å². The van der Waals surface area contributed by atoms with Gasteiger partial charge in [-0.15, -0.1) is 0 Å². The lowest BCUT2D eigenvalue weighted by Gasteiger charge is -2.27. The lowest BCUT2D eigenvalue weighted by atomic mass is 10.1. The van der Waals surface area contributed by atoms with Crippen LogP contribution in [0.25, 0.3) is 0 Å². The van der Waals surface area contributed by atoms with Crippen LogP contribution in [-0.4, -0.2) is 35.7 Å². The second kappa shape index (κ2) is 7.24. The summed E-state index contributed by atoms with van der Waals surface area (Å²) >= 11 is 0. The van der Waals surface area contributed by atoms with Crippen LogP contribution in [0.1, 0.15) is 41.0 Å². The number of nitrogens with zero attached hydrogens (tertiary/aromatic N) is 1. The molecule has 0 radical (unpaired) electrons. The molecule has 0 fully saturated rings. The van der Waals surface area contributed by atoms with Crippen LogP contribution < -0.4 is 0 Å². The van der Waals surface area contributed by atoms with Crippen molar-refractivity contribution in [3.05, 3.63) is 0 Å². The molecular formula is C12H27NO. The van der Waals surface area contributed by atoms with E-state index in [2.05, 4.69) is 32.6 Å². The minimum Gasteiger partial charge on any atom is -0.392 e. The van der Waals surface area contributed by atoms with Crippen molar-refractivity contribution in [2.24, 2.45) is 11.8 Å². The zero-order chi connectivity index (χ0) is 11.1. The highest BCUT2D eigenvalue weighted by molar-refractivity contribution is 4.66. The number of hydrogen-bond donors (Lipinski definition) is 1. The second-order valence-electron chi connectivity index (χ2n) is 5.07. The fourth-order valence-electron chi connectivity index (χ4n) is 1.68. The normalized spacial score (nSPS) is 14.4. The van der Waals surface area contributed by atoms with E-state index in [4.69, 9.17) is 0 Å². The van der Waals surface area contributed by atoms with E-state index in [9.17, 15) is 5.11 Å². The summed E-state index contributed by atoms with van der Waals surface area (Å²) in [7, 11) is 0. The van der Waals surface area contributed by atoms with Crippen LogP contribution in [0, 0.1) is 11.8 Å². The van der Waals surface area contributed by atoms with E-state index in [0.717, 1.165) is 26.1 Å². The maximum Gasteiger partial charge on any atom is 0.0664 e. The molecule has 0 aromatic carbocycles. The molecule has 2 nitrogen and oxygen atoms in total. The monoisotopic (exact) mass is 201 g/mol. The van der Waals surface area contributed by atoms with E-state index in [-0.39, 0.29) is 6.10 Å². The Morgan fingerprint density at radius 3 is 1.64 bits per heavy atom. The van der Waals surface area contributed by atoms with Gasteiger partial charge in [-0.1, -0.05) is 34.6 Å². The summed E-state index contributed by atoms with van der Waals surface area (Å²) in [4.78, 5) is 2.38. The first-order valence-corrected chi connectivity index (χ1v) is 5.86. The van der Waals surface area contributed by atoms with Crippen molar-refractivity contribution < 1.29 is 5.11 Å². The number of aliphatic hydroxyl groups is 1. The third-order valence-electron chi connectivity index (χ3n) is 2.19. The van der Waals surface area contributed by atoms with E-state index in [1.807, 2.05) is 6.92 Å². The van der Waals surface area contributed by atoms with Crippen molar-refractivity contribution in [3.8, 4) is 0 Å². The van der Waals surface area contributed by atoms with Crippen LogP contribution >= 0.6 is 0 Å². The van der Waals surface area contributed by atoms with Gasteiger partial charge in [-0.05, 0) is 18.3 Å². The maximum absolute atomic E-state index is 9.61. The van der Waals surface area contributed by atoms with Crippen LogP contribution in [0.3, 0.4) is 0 Å². The average Bonchev–Trinajstić information content (AvgIpc) is 2.01. The summed E-state index contributed by atoms with van der Waals surface area (Å²) in [6, 6.07) is 0. The molecule has 0 saturated carbocycles. The highest BCUT2D eigenvalue weighted by Gasteiger charge is 2.12. The minimum absolute atomic E-state index is 0.160. The number of aliphatic hydroxyl groups excluding tert-OH is 1. The number of rotatable bonds is 7. The SMILES string of the molecule is CCC(O)CN(CC(C)C)CC(C)C. The van der Waals surface area contributed by atoms with Crippen molar-refractivity contribution in [1.29, 1.82) is 0 Å². The Labute approximate surface area is 89.3 Å². The zero-order valence-electron chi connectivity index (χ0n) is 10.5. The molecule has 0 aromatic heterocycles. The first-order valence-electron chi connectivity index (χ1n) is 5.86. The quantitative estimate of drug-likeness (QED) is 0.683. The molecule has 0 rings (SSSR count). The molecule has 1 unspecified atom stereocenters. The Balaban J connectivity index is 3.96. The van der Waals surface area contributed by atoms with E-state index in [1.54, 1.807) is 0 Å². The Bertz CT molecular complexity index is 124. The highest BCUT2D eigenvalue weighted by Crippen LogP contribution is 2.05. The van der Waals surface area contributed by atoms with Gasteiger partial charge in [-0.3, -0.25) is 0 Å². The molecule has 1 N–H and O–H groups in total. The van der Waals surface area contributed by atoms with Crippen LogP contribution in [-0.2, 0) is 0 Å². The molecule has 0 saturated heterocycles. The molecule has 86 valence electrons. The average molecular weight is 201 g/mol. The van der Waals surface area contributed by atoms with Crippen LogP contribution in [0.5, 0.6) is 0 Å². The molecule has 1 atom stereocenters. The molecule has 14 heavy (non-hydrogen) atoms. The first-order chi connectivity index (χ1) is 6.45. The summed E-state index contributed by atoms with van der Waals surface area (Å²) in [6.45, 7) is 14.0. The molecule has 2 heteroatoms. The lowest BCUT2D eigenvalue weighted by Crippen LogP contribution is -2.37. The van der Waals surface area contributed by atoms with Gasteiger partial charge in [0.1, 0.15) is 0 Å². The fourth-order valence-corrected chi connectivity index (χ4v) is 1.68. The summed E-state index contributed by atoms with van der Waals surface area (Å²) in [5.74, 6) is 1.36. The summed E-state index contributed by atoms with van der Waals surface area (Å²) in [5.41, 5.74) is 0. The van der Waals surface area contributed by atoms with E-state index in [0.29, 0.717) is 11.8 Å². The van der Waals surface area contributed by atoms with Gasteiger partial charge in [0.2, 0.25) is 0 Å². The fraction of sp³-hybridized carbons (Fsp3) is 1.00. The molecule has 0 heterocycles.